The number of nitrogens with zero attached hydrogens (tertiary/aromatic N) is 1. The Bertz CT molecular complexity index is 1120. The monoisotopic (exact) mass is 460 g/mol. The maximum absolute atomic E-state index is 12.6. The van der Waals surface area contributed by atoms with Gasteiger partial charge in [0.25, 0.3) is 5.56 Å². The highest BCUT2D eigenvalue weighted by Gasteiger charge is 2.59. The molecule has 0 amide bonds. The average molecular weight is 461 g/mol. The summed E-state index contributed by atoms with van der Waals surface area (Å²) in [7, 11) is 0. The van der Waals surface area contributed by atoms with Gasteiger partial charge in [0.05, 0.1) is 10.9 Å². The molecule has 0 radical (unpaired) electrons. The molecule has 0 saturated heterocycles. The summed E-state index contributed by atoms with van der Waals surface area (Å²) >= 11 is 0. The maximum Gasteiger partial charge on any atom is 0.258 e. The molecular formula is C31H44N2O. The largest absolute Gasteiger partial charge is 0.310 e. The first-order chi connectivity index (χ1) is 16.4. The van der Waals surface area contributed by atoms with E-state index in [1.54, 1.807) is 0 Å². The van der Waals surface area contributed by atoms with Crippen LogP contribution in [0.15, 0.2) is 23.0 Å². The van der Waals surface area contributed by atoms with E-state index in [4.69, 9.17) is 4.98 Å². The van der Waals surface area contributed by atoms with Gasteiger partial charge in [-0.2, -0.15) is 0 Å². The van der Waals surface area contributed by atoms with Crippen LogP contribution in [0.2, 0.25) is 0 Å². The first-order valence-corrected chi connectivity index (χ1v) is 14.4. The van der Waals surface area contributed by atoms with Crippen molar-refractivity contribution in [2.45, 2.75) is 104 Å². The standard InChI is InChI=1S/C31H44N2O/c1-20-10-15-27-24(19-20)29(34)33-28(32-27)9-6-8-22-12-14-25-23-13-11-21-7-4-5-17-30(21,2)26(23)16-18-31(22,25)3/h10,15,19,21-23,25-26H,4-9,11-14,16-18H2,1-3H3,(H,32,33,34). The number of hydrogen-bond acceptors (Lipinski definition) is 2. The van der Waals surface area contributed by atoms with Gasteiger partial charge in [-0.1, -0.05) is 38.3 Å². The predicted molar refractivity (Wildman–Crippen MR) is 140 cm³/mol. The van der Waals surface area contributed by atoms with E-state index in [0.717, 1.165) is 59.3 Å². The van der Waals surface area contributed by atoms with E-state index >= 15 is 0 Å². The van der Waals surface area contributed by atoms with Gasteiger partial charge in [-0.15, -0.1) is 0 Å². The molecule has 4 aliphatic carbocycles. The second-order valence-corrected chi connectivity index (χ2v) is 13.1. The van der Waals surface area contributed by atoms with Crippen LogP contribution in [0.25, 0.3) is 10.9 Å². The molecule has 2 aromatic rings. The summed E-state index contributed by atoms with van der Waals surface area (Å²) in [6.45, 7) is 7.39. The number of benzene rings is 1. The van der Waals surface area contributed by atoms with Crippen molar-refractivity contribution >= 4 is 10.9 Å². The van der Waals surface area contributed by atoms with Crippen LogP contribution in [0.5, 0.6) is 0 Å². The van der Waals surface area contributed by atoms with Crippen molar-refractivity contribution in [3.8, 4) is 0 Å². The van der Waals surface area contributed by atoms with E-state index in [9.17, 15) is 4.79 Å². The Hall–Kier alpha value is -1.64. The minimum absolute atomic E-state index is 0.0155. The highest BCUT2D eigenvalue weighted by Crippen LogP contribution is 2.67. The molecule has 0 aliphatic heterocycles. The molecule has 7 atom stereocenters. The van der Waals surface area contributed by atoms with Gasteiger partial charge in [0.15, 0.2) is 0 Å². The van der Waals surface area contributed by atoms with Crippen molar-refractivity contribution in [2.24, 2.45) is 40.4 Å². The number of aromatic amines is 1. The molecule has 34 heavy (non-hydrogen) atoms. The fourth-order valence-electron chi connectivity index (χ4n) is 9.81. The van der Waals surface area contributed by atoms with Gasteiger partial charge in [0.2, 0.25) is 0 Å². The molecule has 1 N–H and O–H groups in total. The fraction of sp³-hybridized carbons (Fsp3) is 0.742. The van der Waals surface area contributed by atoms with E-state index in [2.05, 4.69) is 24.9 Å². The lowest BCUT2D eigenvalue weighted by atomic mass is 9.45. The summed E-state index contributed by atoms with van der Waals surface area (Å²) < 4.78 is 0. The summed E-state index contributed by atoms with van der Waals surface area (Å²) in [5.41, 5.74) is 3.15. The molecular weight excluding hydrogens is 416 g/mol. The Morgan fingerprint density at radius 3 is 2.71 bits per heavy atom. The third-order valence-corrected chi connectivity index (χ3v) is 11.7. The van der Waals surface area contributed by atoms with Gasteiger partial charge in [0, 0.05) is 6.42 Å². The summed E-state index contributed by atoms with van der Waals surface area (Å²) in [6.07, 6.45) is 18.1. The Morgan fingerprint density at radius 1 is 0.971 bits per heavy atom. The number of hydrogen-bond donors (Lipinski definition) is 1. The number of fused-ring (bicyclic) bond motifs is 6. The lowest BCUT2D eigenvalue weighted by molar-refractivity contribution is -0.111. The highest BCUT2D eigenvalue weighted by atomic mass is 16.1. The average Bonchev–Trinajstić information content (AvgIpc) is 3.15. The SMILES string of the molecule is Cc1ccc2nc(CCCC3CCC4C5CCC6CCCCC6(C)C5CCC34C)[nH]c(=O)c2c1. The first kappa shape index (κ1) is 22.8. The van der Waals surface area contributed by atoms with Crippen LogP contribution in [0.3, 0.4) is 0 Å². The number of nitrogens with one attached hydrogen (secondary N) is 1. The molecule has 184 valence electrons. The molecule has 0 spiro atoms. The zero-order chi connectivity index (χ0) is 23.5. The van der Waals surface area contributed by atoms with Gasteiger partial charge < -0.3 is 4.98 Å². The van der Waals surface area contributed by atoms with Gasteiger partial charge in [-0.25, -0.2) is 4.98 Å². The van der Waals surface area contributed by atoms with Crippen LogP contribution in [0, 0.1) is 47.3 Å². The van der Waals surface area contributed by atoms with Crippen molar-refractivity contribution in [1.29, 1.82) is 0 Å². The number of H-pyrrole nitrogens is 1. The smallest absolute Gasteiger partial charge is 0.258 e. The Balaban J connectivity index is 1.13. The van der Waals surface area contributed by atoms with Crippen LogP contribution in [0.1, 0.15) is 102 Å². The van der Waals surface area contributed by atoms with Crippen LogP contribution < -0.4 is 5.56 Å². The third kappa shape index (κ3) is 3.59. The van der Waals surface area contributed by atoms with Gasteiger partial charge >= 0.3 is 0 Å². The molecule has 4 aliphatic rings. The zero-order valence-electron chi connectivity index (χ0n) is 21.7. The highest BCUT2D eigenvalue weighted by molar-refractivity contribution is 5.78. The van der Waals surface area contributed by atoms with Crippen LogP contribution in [-0.4, -0.2) is 9.97 Å². The second-order valence-electron chi connectivity index (χ2n) is 13.1. The summed E-state index contributed by atoms with van der Waals surface area (Å²) in [5.74, 6) is 5.68. The molecule has 6 rings (SSSR count). The molecule has 3 nitrogen and oxygen atoms in total. The van der Waals surface area contributed by atoms with Crippen molar-refractivity contribution < 1.29 is 0 Å². The predicted octanol–water partition coefficient (Wildman–Crippen LogP) is 7.60. The Labute approximate surface area is 205 Å². The van der Waals surface area contributed by atoms with Gasteiger partial charge in [0.1, 0.15) is 5.82 Å². The molecule has 1 aromatic carbocycles. The third-order valence-electron chi connectivity index (χ3n) is 11.7. The molecule has 0 bridgehead atoms. The van der Waals surface area contributed by atoms with E-state index in [0.29, 0.717) is 16.2 Å². The maximum atomic E-state index is 12.6. The number of aryl methyl sites for hydroxylation is 2. The molecule has 7 unspecified atom stereocenters. The molecule has 4 fully saturated rings. The normalized spacial score (nSPS) is 39.4. The zero-order valence-corrected chi connectivity index (χ0v) is 21.7. The van der Waals surface area contributed by atoms with Crippen molar-refractivity contribution in [2.75, 3.05) is 0 Å². The molecule has 1 aromatic heterocycles. The van der Waals surface area contributed by atoms with E-state index < -0.39 is 0 Å². The topological polar surface area (TPSA) is 45.8 Å². The van der Waals surface area contributed by atoms with Crippen LogP contribution in [0.4, 0.5) is 0 Å². The van der Waals surface area contributed by atoms with Crippen molar-refractivity contribution in [3.63, 3.8) is 0 Å². The summed E-state index contributed by atoms with van der Waals surface area (Å²) in [4.78, 5) is 20.4. The fourth-order valence-corrected chi connectivity index (χ4v) is 9.81. The second kappa shape index (κ2) is 8.49. The Morgan fingerprint density at radius 2 is 1.82 bits per heavy atom. The Kier molecular flexibility index (Phi) is 5.69. The van der Waals surface area contributed by atoms with Gasteiger partial charge in [-0.05, 0) is 124 Å². The minimum Gasteiger partial charge on any atom is -0.310 e. The summed E-state index contributed by atoms with van der Waals surface area (Å²) in [6, 6.07) is 5.99. The summed E-state index contributed by atoms with van der Waals surface area (Å²) in [5, 5.41) is 0.716. The number of rotatable bonds is 4. The van der Waals surface area contributed by atoms with E-state index in [-0.39, 0.29) is 5.56 Å². The quantitative estimate of drug-likeness (QED) is 0.510. The van der Waals surface area contributed by atoms with Crippen LogP contribution in [-0.2, 0) is 6.42 Å². The first-order valence-electron chi connectivity index (χ1n) is 14.4. The van der Waals surface area contributed by atoms with Crippen LogP contribution >= 0.6 is 0 Å². The van der Waals surface area contributed by atoms with Crippen molar-refractivity contribution in [1.82, 2.24) is 9.97 Å². The lowest BCUT2D eigenvalue weighted by Crippen LogP contribution is -2.52. The molecule has 1 heterocycles. The van der Waals surface area contributed by atoms with Gasteiger partial charge in [-0.3, -0.25) is 4.79 Å². The van der Waals surface area contributed by atoms with E-state index in [1.165, 1.54) is 70.6 Å². The van der Waals surface area contributed by atoms with E-state index in [1.807, 2.05) is 19.1 Å². The van der Waals surface area contributed by atoms with Crippen molar-refractivity contribution in [3.05, 3.63) is 39.9 Å². The molecule has 4 saturated carbocycles. The molecule has 3 heteroatoms. The number of aromatic nitrogens is 2. The minimum atomic E-state index is 0.0155. The lowest BCUT2D eigenvalue weighted by Gasteiger charge is -2.60.